The zero-order chi connectivity index (χ0) is 17.9. The predicted molar refractivity (Wildman–Crippen MR) is 80.2 cm³/mol. The number of hydrogen-bond donors (Lipinski definition) is 0. The van der Waals surface area contributed by atoms with Gasteiger partial charge in [0.1, 0.15) is 5.56 Å². The molecule has 5 nitrogen and oxygen atoms in total. The van der Waals surface area contributed by atoms with Crippen molar-refractivity contribution in [3.8, 4) is 0 Å². The summed E-state index contributed by atoms with van der Waals surface area (Å²) in [5.41, 5.74) is -2.37. The van der Waals surface area contributed by atoms with Gasteiger partial charge in [0.15, 0.2) is 0 Å². The first-order valence-corrected chi connectivity index (χ1v) is 7.19. The van der Waals surface area contributed by atoms with Crippen molar-refractivity contribution in [3.05, 3.63) is 33.9 Å². The highest BCUT2D eigenvalue weighted by Gasteiger charge is 2.39. The molecule has 0 spiro atoms. The monoisotopic (exact) mass is 332 g/mol. The molecule has 0 aliphatic heterocycles. The van der Waals surface area contributed by atoms with Crippen LogP contribution in [0.25, 0.3) is 0 Å². The van der Waals surface area contributed by atoms with Crippen molar-refractivity contribution in [3.63, 3.8) is 0 Å². The number of nitro groups is 1. The molecule has 0 aliphatic rings. The molecular formula is C15H19F3N2O3. The Bertz CT molecular complexity index is 600. The van der Waals surface area contributed by atoms with Gasteiger partial charge in [0.05, 0.1) is 4.92 Å². The molecule has 1 aromatic carbocycles. The van der Waals surface area contributed by atoms with E-state index in [9.17, 15) is 28.1 Å². The zero-order valence-corrected chi connectivity index (χ0v) is 13.3. The summed E-state index contributed by atoms with van der Waals surface area (Å²) in [6.07, 6.45) is -4.34. The second-order valence-electron chi connectivity index (χ2n) is 5.58. The van der Waals surface area contributed by atoms with Crippen LogP contribution in [0, 0.1) is 16.0 Å². The number of nitrogens with zero attached hydrogens (tertiary/aromatic N) is 2. The van der Waals surface area contributed by atoms with E-state index in [0.29, 0.717) is 12.5 Å². The number of amides is 1. The van der Waals surface area contributed by atoms with Crippen molar-refractivity contribution >= 4 is 17.3 Å². The second kappa shape index (κ2) is 6.97. The molecule has 0 saturated heterocycles. The van der Waals surface area contributed by atoms with Crippen LogP contribution in [0.3, 0.4) is 0 Å². The summed E-state index contributed by atoms with van der Waals surface area (Å²) in [5, 5.41) is 10.8. The van der Waals surface area contributed by atoms with E-state index < -0.39 is 28.3 Å². The van der Waals surface area contributed by atoms with Crippen LogP contribution in [0.1, 0.15) is 39.7 Å². The summed E-state index contributed by atoms with van der Waals surface area (Å²) >= 11 is 0. The largest absolute Gasteiger partial charge is 0.423 e. The molecule has 0 fully saturated rings. The maximum absolute atomic E-state index is 13.1. The number of rotatable bonds is 5. The van der Waals surface area contributed by atoms with E-state index in [1.165, 1.54) is 11.0 Å². The van der Waals surface area contributed by atoms with Gasteiger partial charge in [-0.1, -0.05) is 20.8 Å². The molecular weight excluding hydrogens is 313 g/mol. The molecule has 0 radical (unpaired) electrons. The fraction of sp³-hybridized carbons (Fsp3) is 0.533. The van der Waals surface area contributed by atoms with Crippen LogP contribution in [0.5, 0.6) is 0 Å². The van der Waals surface area contributed by atoms with Gasteiger partial charge in [-0.25, -0.2) is 0 Å². The lowest BCUT2D eigenvalue weighted by atomic mass is 10.1. The first-order valence-electron chi connectivity index (χ1n) is 7.19. The second-order valence-corrected chi connectivity index (χ2v) is 5.58. The molecule has 1 aromatic rings. The van der Waals surface area contributed by atoms with Crippen molar-refractivity contribution in [2.75, 3.05) is 4.90 Å². The molecule has 0 aromatic heterocycles. The van der Waals surface area contributed by atoms with Crippen LogP contribution in [0.2, 0.25) is 0 Å². The number of carbonyl (C=O) groups excluding carboxylic acids is 1. The highest BCUT2D eigenvalue weighted by atomic mass is 19.4. The van der Waals surface area contributed by atoms with Crippen molar-refractivity contribution in [2.45, 2.75) is 46.3 Å². The van der Waals surface area contributed by atoms with Crippen LogP contribution in [0.15, 0.2) is 18.2 Å². The van der Waals surface area contributed by atoms with E-state index in [1.807, 2.05) is 0 Å². The van der Waals surface area contributed by atoms with Gasteiger partial charge >= 0.3 is 6.18 Å². The standard InChI is InChI=1S/C15H19F3N2O3/c1-5-10(4)19(14(21)9(2)3)11-6-7-13(20(22)23)12(8-11)15(16,17)18/h6-10H,5H2,1-4H3. The molecule has 23 heavy (non-hydrogen) atoms. The van der Waals surface area contributed by atoms with Crippen molar-refractivity contribution in [1.29, 1.82) is 0 Å². The number of anilines is 1. The highest BCUT2D eigenvalue weighted by molar-refractivity contribution is 5.95. The van der Waals surface area contributed by atoms with Gasteiger partial charge < -0.3 is 4.90 Å². The Labute approximate surface area is 132 Å². The average Bonchev–Trinajstić information content (AvgIpc) is 2.45. The molecule has 0 saturated carbocycles. The molecule has 0 aliphatic carbocycles. The molecule has 128 valence electrons. The number of carbonyl (C=O) groups is 1. The number of alkyl halides is 3. The van der Waals surface area contributed by atoms with Crippen LogP contribution in [-0.4, -0.2) is 16.9 Å². The molecule has 8 heteroatoms. The summed E-state index contributed by atoms with van der Waals surface area (Å²) in [6, 6.07) is 2.32. The maximum Gasteiger partial charge on any atom is 0.423 e. The molecule has 1 amide bonds. The Morgan fingerprint density at radius 3 is 2.26 bits per heavy atom. The summed E-state index contributed by atoms with van der Waals surface area (Å²) in [4.78, 5) is 23.3. The van der Waals surface area contributed by atoms with Gasteiger partial charge in [0.2, 0.25) is 5.91 Å². The van der Waals surface area contributed by atoms with Crippen molar-refractivity contribution < 1.29 is 22.9 Å². The van der Waals surface area contributed by atoms with E-state index in [-0.39, 0.29) is 17.6 Å². The van der Waals surface area contributed by atoms with Gasteiger partial charge in [-0.05, 0) is 25.5 Å². The Balaban J connectivity index is 3.50. The van der Waals surface area contributed by atoms with Gasteiger partial charge in [-0.15, -0.1) is 0 Å². The lowest BCUT2D eigenvalue weighted by Crippen LogP contribution is -2.41. The Kier molecular flexibility index (Phi) is 5.74. The van der Waals surface area contributed by atoms with Gasteiger partial charge in [-0.2, -0.15) is 13.2 Å². The Morgan fingerprint density at radius 2 is 1.87 bits per heavy atom. The Morgan fingerprint density at radius 1 is 1.30 bits per heavy atom. The fourth-order valence-electron chi connectivity index (χ4n) is 2.12. The normalized spacial score (nSPS) is 13.0. The predicted octanol–water partition coefficient (Wildman–Crippen LogP) is 4.40. The molecule has 0 N–H and O–H groups in total. The summed E-state index contributed by atoms with van der Waals surface area (Å²) in [7, 11) is 0. The lowest BCUT2D eigenvalue weighted by Gasteiger charge is -2.30. The topological polar surface area (TPSA) is 63.5 Å². The minimum atomic E-state index is -4.87. The molecule has 0 heterocycles. The minimum absolute atomic E-state index is 0.0102. The molecule has 0 bridgehead atoms. The van der Waals surface area contributed by atoms with E-state index in [1.54, 1.807) is 27.7 Å². The maximum atomic E-state index is 13.1. The number of halogens is 3. The lowest BCUT2D eigenvalue weighted by molar-refractivity contribution is -0.388. The van der Waals surface area contributed by atoms with Crippen LogP contribution in [-0.2, 0) is 11.0 Å². The first-order chi connectivity index (χ1) is 10.5. The SMILES string of the molecule is CCC(C)N(C(=O)C(C)C)c1ccc([N+](=O)[O-])c(C(F)(F)F)c1. The first kappa shape index (κ1) is 18.9. The highest BCUT2D eigenvalue weighted by Crippen LogP contribution is 2.39. The van der Waals surface area contributed by atoms with Crippen LogP contribution in [0.4, 0.5) is 24.5 Å². The number of nitro benzene ring substituents is 1. The van der Waals surface area contributed by atoms with Crippen molar-refractivity contribution in [2.24, 2.45) is 5.92 Å². The van der Waals surface area contributed by atoms with Crippen LogP contribution < -0.4 is 4.90 Å². The minimum Gasteiger partial charge on any atom is -0.309 e. The average molecular weight is 332 g/mol. The van der Waals surface area contributed by atoms with E-state index in [4.69, 9.17) is 0 Å². The zero-order valence-electron chi connectivity index (χ0n) is 13.3. The molecule has 1 unspecified atom stereocenters. The summed E-state index contributed by atoms with van der Waals surface area (Å²) in [6.45, 7) is 6.82. The summed E-state index contributed by atoms with van der Waals surface area (Å²) < 4.78 is 39.3. The summed E-state index contributed by atoms with van der Waals surface area (Å²) in [5.74, 6) is -0.741. The smallest absolute Gasteiger partial charge is 0.309 e. The van der Waals surface area contributed by atoms with Crippen LogP contribution >= 0.6 is 0 Å². The molecule has 1 atom stereocenters. The molecule has 1 rings (SSSR count). The fourth-order valence-corrected chi connectivity index (χ4v) is 2.12. The van der Waals surface area contributed by atoms with Gasteiger partial charge in [0, 0.05) is 23.7 Å². The van der Waals surface area contributed by atoms with Gasteiger partial charge in [-0.3, -0.25) is 14.9 Å². The third-order valence-corrected chi connectivity index (χ3v) is 3.52. The van der Waals surface area contributed by atoms with Gasteiger partial charge in [0.25, 0.3) is 5.69 Å². The number of hydrogen-bond acceptors (Lipinski definition) is 3. The Hall–Kier alpha value is -2.12. The third kappa shape index (κ3) is 4.20. The third-order valence-electron chi connectivity index (χ3n) is 3.52. The number of benzene rings is 1. The van der Waals surface area contributed by atoms with E-state index >= 15 is 0 Å². The van der Waals surface area contributed by atoms with E-state index in [2.05, 4.69) is 0 Å². The van der Waals surface area contributed by atoms with E-state index in [0.717, 1.165) is 6.07 Å². The quantitative estimate of drug-likeness (QED) is 0.593. The van der Waals surface area contributed by atoms with Crippen molar-refractivity contribution in [1.82, 2.24) is 0 Å².